The van der Waals surface area contributed by atoms with Gasteiger partial charge in [-0.25, -0.2) is 0 Å². The standard InChI is InChI=1S/C29H28N2O5.ClH/c1-32-24-6-4-18(12-26(24)34-3)8-10-30-29-22-16-31-11-9-20-14-27-28(36-17-35-27)15-21(20)23(31)13-19(22)5-7-25(29)33-2;/h4-7,12-16H,8-11,17H2,1-3H3;1H. The van der Waals surface area contributed by atoms with Crippen molar-refractivity contribution in [2.45, 2.75) is 19.4 Å². The zero-order valence-electron chi connectivity index (χ0n) is 21.1. The lowest BCUT2D eigenvalue weighted by molar-refractivity contribution is -0.686. The van der Waals surface area contributed by atoms with Crippen LogP contribution in [0.25, 0.3) is 22.0 Å². The van der Waals surface area contributed by atoms with Gasteiger partial charge in [-0.1, -0.05) is 12.1 Å². The molecule has 2 aliphatic rings. The SMILES string of the molecule is COc1ccc(CCNc2c(OC)ccc3cc4[n+](cc23)CCc2cc3c(cc2-4)OCO3)cc1OC.[Cl-]. The molecule has 8 heteroatoms. The number of ether oxygens (including phenoxy) is 5. The van der Waals surface area contributed by atoms with Crippen molar-refractivity contribution in [3.8, 4) is 40.0 Å². The highest BCUT2D eigenvalue weighted by molar-refractivity contribution is 5.97. The van der Waals surface area contributed by atoms with E-state index < -0.39 is 0 Å². The Labute approximate surface area is 222 Å². The number of hydrogen-bond acceptors (Lipinski definition) is 6. The Morgan fingerprint density at radius 3 is 2.41 bits per heavy atom. The largest absolute Gasteiger partial charge is 1.00 e. The number of aromatic nitrogens is 1. The van der Waals surface area contributed by atoms with Crippen LogP contribution in [0.5, 0.6) is 28.7 Å². The molecule has 3 aromatic carbocycles. The van der Waals surface area contributed by atoms with E-state index in [1.807, 2.05) is 18.2 Å². The van der Waals surface area contributed by atoms with Crippen LogP contribution in [0.15, 0.2) is 54.7 Å². The Balaban J connectivity index is 0.00000280. The number of aryl methyl sites for hydroxylation is 2. The minimum Gasteiger partial charge on any atom is -1.00 e. The maximum absolute atomic E-state index is 5.74. The number of hydrogen-bond donors (Lipinski definition) is 1. The number of fused-ring (bicyclic) bond motifs is 5. The topological polar surface area (TPSA) is 62.1 Å². The van der Waals surface area contributed by atoms with Crippen molar-refractivity contribution < 1.29 is 40.7 Å². The first kappa shape index (κ1) is 24.8. The average Bonchev–Trinajstić information content (AvgIpc) is 3.38. The van der Waals surface area contributed by atoms with Gasteiger partial charge in [0.1, 0.15) is 5.75 Å². The van der Waals surface area contributed by atoms with Crippen LogP contribution in [-0.2, 0) is 19.4 Å². The van der Waals surface area contributed by atoms with Crippen LogP contribution < -0.4 is 46.0 Å². The summed E-state index contributed by atoms with van der Waals surface area (Å²) in [7, 11) is 5.02. The second-order valence-corrected chi connectivity index (χ2v) is 8.98. The molecule has 0 bridgehead atoms. The quantitative estimate of drug-likeness (QED) is 0.375. The number of halogens is 1. The molecule has 4 aromatic rings. The molecule has 1 aromatic heterocycles. The highest BCUT2D eigenvalue weighted by Crippen LogP contribution is 2.41. The van der Waals surface area contributed by atoms with Crippen LogP contribution in [0.4, 0.5) is 5.69 Å². The fraction of sp³-hybridized carbons (Fsp3) is 0.276. The minimum atomic E-state index is 0. The van der Waals surface area contributed by atoms with Gasteiger partial charge < -0.3 is 41.4 Å². The molecule has 0 saturated carbocycles. The summed E-state index contributed by atoms with van der Waals surface area (Å²) in [6.07, 6.45) is 4.01. The Hall–Kier alpha value is -3.84. The zero-order chi connectivity index (χ0) is 24.6. The third-order valence-corrected chi connectivity index (χ3v) is 7.01. The highest BCUT2D eigenvalue weighted by Gasteiger charge is 2.28. The van der Waals surface area contributed by atoms with Crippen molar-refractivity contribution >= 4 is 16.5 Å². The molecule has 0 atom stereocenters. The maximum Gasteiger partial charge on any atom is 0.231 e. The molecule has 0 fully saturated rings. The average molecular weight is 521 g/mol. The minimum absolute atomic E-state index is 0. The number of nitrogens with zero attached hydrogens (tertiary/aromatic N) is 1. The predicted molar refractivity (Wildman–Crippen MR) is 138 cm³/mol. The normalized spacial score (nSPS) is 12.8. The lowest BCUT2D eigenvalue weighted by Crippen LogP contribution is -3.00. The molecule has 192 valence electrons. The number of pyridine rings is 1. The molecular formula is C29H29ClN2O5. The highest BCUT2D eigenvalue weighted by atomic mass is 35.5. The second-order valence-electron chi connectivity index (χ2n) is 8.98. The van der Waals surface area contributed by atoms with Gasteiger partial charge in [0.2, 0.25) is 12.5 Å². The van der Waals surface area contributed by atoms with Gasteiger partial charge in [0.15, 0.2) is 35.7 Å². The van der Waals surface area contributed by atoms with Gasteiger partial charge in [-0.05, 0) is 53.3 Å². The molecule has 0 amide bonds. The fourth-order valence-corrected chi connectivity index (χ4v) is 5.14. The summed E-state index contributed by atoms with van der Waals surface area (Å²) in [5.41, 5.74) is 5.85. The van der Waals surface area contributed by atoms with Crippen LogP contribution in [0.2, 0.25) is 0 Å². The number of rotatable bonds is 7. The maximum atomic E-state index is 5.74. The van der Waals surface area contributed by atoms with E-state index in [4.69, 9.17) is 23.7 Å². The Morgan fingerprint density at radius 2 is 1.62 bits per heavy atom. The Kier molecular flexibility index (Phi) is 6.89. The lowest BCUT2D eigenvalue weighted by Gasteiger charge is -2.18. The van der Waals surface area contributed by atoms with Crippen molar-refractivity contribution in [1.82, 2.24) is 0 Å². The first-order valence-corrected chi connectivity index (χ1v) is 12.1. The summed E-state index contributed by atoms with van der Waals surface area (Å²) in [4.78, 5) is 0. The summed E-state index contributed by atoms with van der Waals surface area (Å²) in [6, 6.07) is 16.7. The molecule has 6 rings (SSSR count). The van der Waals surface area contributed by atoms with E-state index in [2.05, 4.69) is 46.4 Å². The van der Waals surface area contributed by atoms with Crippen LogP contribution in [0.1, 0.15) is 11.1 Å². The monoisotopic (exact) mass is 520 g/mol. The van der Waals surface area contributed by atoms with Gasteiger partial charge in [-0.2, -0.15) is 4.57 Å². The second kappa shape index (κ2) is 10.3. The van der Waals surface area contributed by atoms with Gasteiger partial charge in [0.05, 0.1) is 38.0 Å². The summed E-state index contributed by atoms with van der Waals surface area (Å²) < 4.78 is 30.1. The third kappa shape index (κ3) is 4.44. The summed E-state index contributed by atoms with van der Waals surface area (Å²) in [5, 5.41) is 5.92. The molecule has 7 nitrogen and oxygen atoms in total. The number of nitrogens with one attached hydrogen (secondary N) is 1. The van der Waals surface area contributed by atoms with E-state index in [-0.39, 0.29) is 19.2 Å². The fourth-order valence-electron chi connectivity index (χ4n) is 5.14. The molecule has 1 N–H and O–H groups in total. The van der Waals surface area contributed by atoms with Crippen LogP contribution in [-0.4, -0.2) is 34.7 Å². The molecule has 2 aliphatic heterocycles. The lowest BCUT2D eigenvalue weighted by atomic mass is 9.95. The van der Waals surface area contributed by atoms with Gasteiger partial charge in [0.25, 0.3) is 0 Å². The molecule has 37 heavy (non-hydrogen) atoms. The first-order chi connectivity index (χ1) is 17.7. The molecule has 3 heterocycles. The van der Waals surface area contributed by atoms with Crippen LogP contribution in [0, 0.1) is 0 Å². The van der Waals surface area contributed by atoms with Crippen LogP contribution >= 0.6 is 0 Å². The predicted octanol–water partition coefficient (Wildman–Crippen LogP) is 1.76. The van der Waals surface area contributed by atoms with Crippen molar-refractivity contribution in [1.29, 1.82) is 0 Å². The van der Waals surface area contributed by atoms with Gasteiger partial charge in [0, 0.05) is 19.0 Å². The smallest absolute Gasteiger partial charge is 0.231 e. The van der Waals surface area contributed by atoms with Gasteiger partial charge in [-0.3, -0.25) is 0 Å². The van der Waals surface area contributed by atoms with Crippen molar-refractivity contribution in [2.24, 2.45) is 0 Å². The van der Waals surface area contributed by atoms with E-state index in [1.54, 1.807) is 21.3 Å². The Morgan fingerprint density at radius 1 is 0.865 bits per heavy atom. The molecule has 0 spiro atoms. The van der Waals surface area contributed by atoms with E-state index in [0.717, 1.165) is 71.1 Å². The van der Waals surface area contributed by atoms with Crippen LogP contribution in [0.3, 0.4) is 0 Å². The van der Waals surface area contributed by atoms with E-state index in [9.17, 15) is 0 Å². The molecule has 0 saturated heterocycles. The van der Waals surface area contributed by atoms with E-state index >= 15 is 0 Å². The zero-order valence-corrected chi connectivity index (χ0v) is 21.9. The number of benzene rings is 3. The summed E-state index contributed by atoms with van der Waals surface area (Å²) in [5.74, 6) is 3.96. The van der Waals surface area contributed by atoms with E-state index in [0.29, 0.717) is 0 Å². The molecule has 0 unspecified atom stereocenters. The van der Waals surface area contributed by atoms with Crippen molar-refractivity contribution in [2.75, 3.05) is 40.0 Å². The molecule has 0 radical (unpaired) electrons. The first-order valence-electron chi connectivity index (χ1n) is 12.1. The van der Waals surface area contributed by atoms with Crippen molar-refractivity contribution in [3.05, 3.63) is 65.9 Å². The van der Waals surface area contributed by atoms with E-state index in [1.165, 1.54) is 22.4 Å². The van der Waals surface area contributed by atoms with Gasteiger partial charge >= 0.3 is 0 Å². The molecule has 0 aliphatic carbocycles. The number of anilines is 1. The summed E-state index contributed by atoms with van der Waals surface area (Å²) in [6.45, 7) is 1.94. The summed E-state index contributed by atoms with van der Waals surface area (Å²) >= 11 is 0. The molecular weight excluding hydrogens is 492 g/mol. The van der Waals surface area contributed by atoms with Crippen molar-refractivity contribution in [3.63, 3.8) is 0 Å². The Bertz CT molecular complexity index is 1470. The number of methoxy groups -OCH3 is 3. The third-order valence-electron chi connectivity index (χ3n) is 7.01. The van der Waals surface area contributed by atoms with Gasteiger partial charge in [-0.15, -0.1) is 0 Å².